The number of aromatic nitrogens is 3. The highest BCUT2D eigenvalue weighted by atomic mass is 32.1. The number of aryl methyl sites for hydroxylation is 2. The molecule has 0 amide bonds. The van der Waals surface area contributed by atoms with Gasteiger partial charge < -0.3 is 4.98 Å². The lowest BCUT2D eigenvalue weighted by Crippen LogP contribution is -1.90. The van der Waals surface area contributed by atoms with E-state index in [9.17, 15) is 0 Å². The summed E-state index contributed by atoms with van der Waals surface area (Å²) in [5, 5.41) is 3.22. The molecule has 0 aliphatic carbocycles. The van der Waals surface area contributed by atoms with E-state index in [4.69, 9.17) is 4.98 Å². The molecule has 0 saturated heterocycles. The predicted molar refractivity (Wildman–Crippen MR) is 78.4 cm³/mol. The smallest absolute Gasteiger partial charge is 0.0993 e. The lowest BCUT2D eigenvalue weighted by atomic mass is 10.1. The topological polar surface area (TPSA) is 41.6 Å². The van der Waals surface area contributed by atoms with Crippen molar-refractivity contribution in [2.45, 2.75) is 20.3 Å². The van der Waals surface area contributed by atoms with Crippen LogP contribution in [-0.2, 0) is 6.42 Å². The first-order chi connectivity index (χ1) is 9.22. The third kappa shape index (κ3) is 2.58. The second-order valence-electron chi connectivity index (χ2n) is 4.64. The number of nitrogens with zero attached hydrogens (tertiary/aromatic N) is 2. The first-order valence-electron chi connectivity index (χ1n) is 6.22. The van der Waals surface area contributed by atoms with E-state index in [1.54, 1.807) is 17.7 Å². The molecule has 0 radical (unpaired) electrons. The second-order valence-corrected chi connectivity index (χ2v) is 5.59. The predicted octanol–water partition coefficient (Wildman–Crippen LogP) is 3.74. The Hall–Kier alpha value is -1.94. The van der Waals surface area contributed by atoms with Crippen molar-refractivity contribution in [2.24, 2.45) is 0 Å². The van der Waals surface area contributed by atoms with Crippen molar-refractivity contribution < 1.29 is 0 Å². The van der Waals surface area contributed by atoms with Gasteiger partial charge >= 0.3 is 0 Å². The Bertz CT molecular complexity index is 679. The molecule has 0 atom stereocenters. The van der Waals surface area contributed by atoms with Crippen LogP contribution in [0.25, 0.3) is 11.3 Å². The number of thiazole rings is 1. The molecule has 0 aliphatic heterocycles. The molecule has 3 nitrogen and oxygen atoms in total. The fraction of sp³-hybridized carbons (Fsp3) is 0.200. The summed E-state index contributed by atoms with van der Waals surface area (Å²) in [5.41, 5.74) is 5.68. The monoisotopic (exact) mass is 269 g/mol. The summed E-state index contributed by atoms with van der Waals surface area (Å²) in [6.07, 6.45) is 2.53. The average molecular weight is 269 g/mol. The Morgan fingerprint density at radius 3 is 2.63 bits per heavy atom. The van der Waals surface area contributed by atoms with Gasteiger partial charge in [-0.3, -0.25) is 0 Å². The number of H-pyrrole nitrogens is 1. The van der Waals surface area contributed by atoms with E-state index in [1.165, 1.54) is 11.1 Å². The van der Waals surface area contributed by atoms with Crippen LogP contribution in [0.5, 0.6) is 0 Å². The van der Waals surface area contributed by atoms with E-state index in [-0.39, 0.29) is 0 Å². The van der Waals surface area contributed by atoms with Crippen molar-refractivity contribution in [3.8, 4) is 11.3 Å². The van der Waals surface area contributed by atoms with Crippen LogP contribution in [0.4, 0.5) is 0 Å². The molecule has 3 aromatic rings. The summed E-state index contributed by atoms with van der Waals surface area (Å²) >= 11 is 1.69. The third-order valence-electron chi connectivity index (χ3n) is 3.15. The Balaban J connectivity index is 1.83. The fourth-order valence-electron chi connectivity index (χ4n) is 1.96. The van der Waals surface area contributed by atoms with Crippen molar-refractivity contribution in [3.05, 3.63) is 57.9 Å². The Labute approximate surface area is 116 Å². The highest BCUT2D eigenvalue weighted by Gasteiger charge is 2.08. The van der Waals surface area contributed by atoms with Crippen LogP contribution >= 0.6 is 11.3 Å². The SMILES string of the molecule is Cc1ccc(-c2csc(Cc3nc[nH]c3C)n2)cc1. The minimum Gasteiger partial charge on any atom is -0.348 e. The van der Waals surface area contributed by atoms with Gasteiger partial charge in [0.25, 0.3) is 0 Å². The van der Waals surface area contributed by atoms with Crippen molar-refractivity contribution in [1.29, 1.82) is 0 Å². The van der Waals surface area contributed by atoms with Gasteiger partial charge in [0.15, 0.2) is 0 Å². The van der Waals surface area contributed by atoms with Crippen LogP contribution in [0.2, 0.25) is 0 Å². The molecule has 4 heteroatoms. The van der Waals surface area contributed by atoms with Crippen molar-refractivity contribution in [2.75, 3.05) is 0 Å². The summed E-state index contributed by atoms with van der Waals surface area (Å²) in [5.74, 6) is 0. The van der Waals surface area contributed by atoms with Crippen molar-refractivity contribution >= 4 is 11.3 Å². The summed E-state index contributed by atoms with van der Waals surface area (Å²) in [4.78, 5) is 12.1. The average Bonchev–Trinajstić information content (AvgIpc) is 3.01. The number of nitrogens with one attached hydrogen (secondary N) is 1. The zero-order chi connectivity index (χ0) is 13.2. The maximum atomic E-state index is 4.69. The molecule has 0 spiro atoms. The molecular formula is C15H15N3S. The number of benzene rings is 1. The fourth-order valence-corrected chi connectivity index (χ4v) is 2.77. The molecular weight excluding hydrogens is 254 g/mol. The molecule has 0 fully saturated rings. The van der Waals surface area contributed by atoms with E-state index in [2.05, 4.69) is 46.5 Å². The normalized spacial score (nSPS) is 10.8. The standard InChI is InChI=1S/C15H15N3S/c1-10-3-5-12(6-4-10)14-8-19-15(18-14)7-13-11(2)16-9-17-13/h3-6,8-9H,7H2,1-2H3,(H,16,17). The lowest BCUT2D eigenvalue weighted by molar-refractivity contribution is 1.06. The van der Waals surface area contributed by atoms with Gasteiger partial charge in [-0.1, -0.05) is 29.8 Å². The first kappa shape index (κ1) is 12.1. The van der Waals surface area contributed by atoms with Crippen LogP contribution in [-0.4, -0.2) is 15.0 Å². The van der Waals surface area contributed by atoms with Gasteiger partial charge in [0, 0.05) is 23.1 Å². The van der Waals surface area contributed by atoms with Gasteiger partial charge in [0.1, 0.15) is 0 Å². The van der Waals surface area contributed by atoms with E-state index in [0.29, 0.717) is 0 Å². The van der Waals surface area contributed by atoms with E-state index >= 15 is 0 Å². The Kier molecular flexibility index (Phi) is 3.17. The van der Waals surface area contributed by atoms with Gasteiger partial charge in [-0.2, -0.15) is 0 Å². The van der Waals surface area contributed by atoms with Crippen LogP contribution in [0.1, 0.15) is 22.0 Å². The molecule has 0 saturated carbocycles. The maximum absolute atomic E-state index is 4.69. The van der Waals surface area contributed by atoms with Gasteiger partial charge in [-0.15, -0.1) is 11.3 Å². The number of hydrogen-bond acceptors (Lipinski definition) is 3. The Morgan fingerprint density at radius 2 is 1.95 bits per heavy atom. The van der Waals surface area contributed by atoms with Crippen LogP contribution in [0.3, 0.4) is 0 Å². The third-order valence-corrected chi connectivity index (χ3v) is 4.00. The number of aromatic amines is 1. The zero-order valence-corrected chi connectivity index (χ0v) is 11.8. The second kappa shape index (κ2) is 4.97. The van der Waals surface area contributed by atoms with Gasteiger partial charge in [-0.25, -0.2) is 9.97 Å². The molecule has 96 valence electrons. The lowest BCUT2D eigenvalue weighted by Gasteiger charge is -1.97. The quantitative estimate of drug-likeness (QED) is 0.787. The first-order valence-corrected chi connectivity index (χ1v) is 7.10. The van der Waals surface area contributed by atoms with Crippen molar-refractivity contribution in [3.63, 3.8) is 0 Å². The molecule has 19 heavy (non-hydrogen) atoms. The minimum absolute atomic E-state index is 0.797. The van der Waals surface area contributed by atoms with Crippen molar-refractivity contribution in [1.82, 2.24) is 15.0 Å². The van der Waals surface area contributed by atoms with E-state index in [0.717, 1.165) is 28.5 Å². The molecule has 2 aromatic heterocycles. The molecule has 0 aliphatic rings. The summed E-state index contributed by atoms with van der Waals surface area (Å²) < 4.78 is 0. The van der Waals surface area contributed by atoms with Crippen LogP contribution in [0, 0.1) is 13.8 Å². The molecule has 1 N–H and O–H groups in total. The molecule has 3 rings (SSSR count). The van der Waals surface area contributed by atoms with Crippen LogP contribution < -0.4 is 0 Å². The molecule has 1 aromatic carbocycles. The van der Waals surface area contributed by atoms with E-state index in [1.807, 2.05) is 6.92 Å². The van der Waals surface area contributed by atoms with Gasteiger partial charge in [-0.05, 0) is 13.8 Å². The molecule has 0 bridgehead atoms. The number of imidazole rings is 1. The zero-order valence-electron chi connectivity index (χ0n) is 11.0. The molecule has 2 heterocycles. The number of hydrogen-bond donors (Lipinski definition) is 1. The highest BCUT2D eigenvalue weighted by Crippen LogP contribution is 2.23. The summed E-state index contributed by atoms with van der Waals surface area (Å²) in [6.45, 7) is 4.13. The van der Waals surface area contributed by atoms with E-state index < -0.39 is 0 Å². The largest absolute Gasteiger partial charge is 0.348 e. The number of rotatable bonds is 3. The van der Waals surface area contributed by atoms with Gasteiger partial charge in [0.2, 0.25) is 0 Å². The van der Waals surface area contributed by atoms with Crippen LogP contribution in [0.15, 0.2) is 36.0 Å². The highest BCUT2D eigenvalue weighted by molar-refractivity contribution is 7.10. The maximum Gasteiger partial charge on any atom is 0.0993 e. The Morgan fingerprint density at radius 1 is 1.16 bits per heavy atom. The van der Waals surface area contributed by atoms with Gasteiger partial charge in [0.05, 0.1) is 22.7 Å². The summed E-state index contributed by atoms with van der Waals surface area (Å²) in [6, 6.07) is 8.47. The molecule has 0 unspecified atom stereocenters. The summed E-state index contributed by atoms with van der Waals surface area (Å²) in [7, 11) is 0. The minimum atomic E-state index is 0.797.